The van der Waals surface area contributed by atoms with Crippen LogP contribution in [0.1, 0.15) is 11.1 Å². The third-order valence-corrected chi connectivity index (χ3v) is 4.67. The summed E-state index contributed by atoms with van der Waals surface area (Å²) in [5, 5.41) is 7.22. The number of nitrogen functional groups attached to an aromatic ring is 1. The van der Waals surface area contributed by atoms with E-state index in [1.165, 1.54) is 16.4 Å². The van der Waals surface area contributed by atoms with Gasteiger partial charge in [0.15, 0.2) is 0 Å². The highest BCUT2D eigenvalue weighted by atomic mass is 32.2. The van der Waals surface area contributed by atoms with Crippen LogP contribution in [0, 0.1) is 11.2 Å². The lowest BCUT2D eigenvalue weighted by molar-refractivity contribution is 0.0724. The third kappa shape index (κ3) is 3.97. The van der Waals surface area contributed by atoms with Gasteiger partial charge in [-0.15, -0.1) is 0 Å². The number of hydrogen-bond donors (Lipinski definition) is 3. The minimum Gasteiger partial charge on any atom is -0.384 e. The maximum Gasteiger partial charge on any atom is 0.279 e. The van der Waals surface area contributed by atoms with Gasteiger partial charge in [-0.05, 0) is 6.07 Å². The molecule has 21 heavy (non-hydrogen) atoms. The van der Waals surface area contributed by atoms with Crippen molar-refractivity contribution in [2.75, 3.05) is 26.3 Å². The molecule has 1 heterocycles. The van der Waals surface area contributed by atoms with E-state index in [1.54, 1.807) is 0 Å². The van der Waals surface area contributed by atoms with Gasteiger partial charge in [-0.25, -0.2) is 4.39 Å². The van der Waals surface area contributed by atoms with Crippen molar-refractivity contribution >= 4 is 16.0 Å². The van der Waals surface area contributed by atoms with E-state index in [0.717, 1.165) is 6.07 Å². The molecule has 1 aliphatic rings. The number of hydrogen-bond acceptors (Lipinski definition) is 4. The molecule has 0 aliphatic carbocycles. The van der Waals surface area contributed by atoms with E-state index in [-0.39, 0.29) is 36.6 Å². The number of nitrogens with two attached hydrogens (primary N) is 1. The fourth-order valence-corrected chi connectivity index (χ4v) is 3.06. The number of nitrogens with one attached hydrogen (secondary N) is 2. The van der Waals surface area contributed by atoms with Gasteiger partial charge in [0.25, 0.3) is 10.2 Å². The highest BCUT2D eigenvalue weighted by Crippen LogP contribution is 2.11. The topological polar surface area (TPSA) is 109 Å². The molecule has 0 spiro atoms. The summed E-state index contributed by atoms with van der Waals surface area (Å²) < 4.78 is 46.6. The Morgan fingerprint density at radius 3 is 2.67 bits per heavy atom. The van der Waals surface area contributed by atoms with Gasteiger partial charge in [-0.1, -0.05) is 12.1 Å². The van der Waals surface area contributed by atoms with Crippen LogP contribution in [0.15, 0.2) is 18.2 Å². The summed E-state index contributed by atoms with van der Waals surface area (Å²) in [6, 6.07) is 4.00. The van der Waals surface area contributed by atoms with Gasteiger partial charge in [-0.3, -0.25) is 5.41 Å². The molecule has 0 atom stereocenters. The first-order valence-corrected chi connectivity index (χ1v) is 7.79. The highest BCUT2D eigenvalue weighted by Gasteiger charge is 2.24. The molecule has 1 aromatic carbocycles. The summed E-state index contributed by atoms with van der Waals surface area (Å²) in [4.78, 5) is 0. The molecular formula is C12H17FN4O3S. The van der Waals surface area contributed by atoms with E-state index in [9.17, 15) is 12.8 Å². The van der Waals surface area contributed by atoms with Crippen molar-refractivity contribution in [1.82, 2.24) is 9.03 Å². The van der Waals surface area contributed by atoms with E-state index in [0.29, 0.717) is 13.2 Å². The van der Waals surface area contributed by atoms with Crippen LogP contribution in [-0.4, -0.2) is 44.9 Å². The Labute approximate surface area is 122 Å². The fourth-order valence-electron chi connectivity index (χ4n) is 1.91. The Morgan fingerprint density at radius 2 is 2.10 bits per heavy atom. The first-order chi connectivity index (χ1) is 9.90. The molecule has 1 aromatic rings. The van der Waals surface area contributed by atoms with E-state index >= 15 is 0 Å². The van der Waals surface area contributed by atoms with Gasteiger partial charge in [0.1, 0.15) is 11.7 Å². The molecule has 0 saturated carbocycles. The van der Waals surface area contributed by atoms with Crippen LogP contribution in [0.3, 0.4) is 0 Å². The largest absolute Gasteiger partial charge is 0.384 e. The van der Waals surface area contributed by atoms with Crippen molar-refractivity contribution in [3.05, 3.63) is 35.1 Å². The van der Waals surface area contributed by atoms with Gasteiger partial charge in [0.05, 0.1) is 13.2 Å². The molecule has 1 saturated heterocycles. The number of ether oxygens (including phenoxy) is 1. The van der Waals surface area contributed by atoms with Crippen LogP contribution in [0.25, 0.3) is 0 Å². The van der Waals surface area contributed by atoms with Gasteiger partial charge < -0.3 is 10.5 Å². The SMILES string of the molecule is N=C(N)c1ccc(CNS(=O)(=O)N2CCOCC2)c(F)c1. The van der Waals surface area contributed by atoms with Crippen molar-refractivity contribution in [3.63, 3.8) is 0 Å². The Kier molecular flexibility index (Phi) is 4.88. The second kappa shape index (κ2) is 6.48. The zero-order valence-corrected chi connectivity index (χ0v) is 12.1. The molecule has 116 valence electrons. The van der Waals surface area contributed by atoms with Gasteiger partial charge in [-0.2, -0.15) is 17.4 Å². The summed E-state index contributed by atoms with van der Waals surface area (Å²) in [7, 11) is -3.66. The lowest BCUT2D eigenvalue weighted by atomic mass is 10.1. The Hall–Kier alpha value is -1.55. The molecule has 4 N–H and O–H groups in total. The van der Waals surface area contributed by atoms with Crippen molar-refractivity contribution in [2.24, 2.45) is 5.73 Å². The van der Waals surface area contributed by atoms with E-state index in [4.69, 9.17) is 15.9 Å². The number of halogens is 1. The highest BCUT2D eigenvalue weighted by molar-refractivity contribution is 7.87. The van der Waals surface area contributed by atoms with Crippen LogP contribution in [-0.2, 0) is 21.5 Å². The summed E-state index contributed by atoms with van der Waals surface area (Å²) >= 11 is 0. The smallest absolute Gasteiger partial charge is 0.279 e. The number of morpholine rings is 1. The van der Waals surface area contributed by atoms with Crippen LogP contribution in [0.2, 0.25) is 0 Å². The molecular weight excluding hydrogens is 299 g/mol. The molecule has 7 nitrogen and oxygen atoms in total. The second-order valence-electron chi connectivity index (χ2n) is 4.56. The fraction of sp³-hybridized carbons (Fsp3) is 0.417. The van der Waals surface area contributed by atoms with Crippen molar-refractivity contribution < 1.29 is 17.5 Å². The average Bonchev–Trinajstić information content (AvgIpc) is 2.46. The van der Waals surface area contributed by atoms with Gasteiger partial charge >= 0.3 is 0 Å². The lowest BCUT2D eigenvalue weighted by Crippen LogP contribution is -2.46. The number of benzene rings is 1. The van der Waals surface area contributed by atoms with Crippen LogP contribution < -0.4 is 10.5 Å². The minimum atomic E-state index is -3.66. The standard InChI is InChI=1S/C12H17FN4O3S/c13-11-7-9(12(14)15)1-2-10(11)8-16-21(18,19)17-3-5-20-6-4-17/h1-2,7,16H,3-6,8H2,(H3,14,15). The third-order valence-electron chi connectivity index (χ3n) is 3.12. The normalized spacial score (nSPS) is 16.8. The summed E-state index contributed by atoms with van der Waals surface area (Å²) in [6.45, 7) is 1.09. The predicted molar refractivity (Wildman–Crippen MR) is 75.6 cm³/mol. The van der Waals surface area contributed by atoms with E-state index < -0.39 is 16.0 Å². The zero-order valence-electron chi connectivity index (χ0n) is 11.3. The Bertz CT molecular complexity index is 629. The van der Waals surface area contributed by atoms with E-state index in [1.807, 2.05) is 0 Å². The Morgan fingerprint density at radius 1 is 1.43 bits per heavy atom. The van der Waals surface area contributed by atoms with Crippen molar-refractivity contribution in [2.45, 2.75) is 6.54 Å². The molecule has 0 unspecified atom stereocenters. The molecule has 0 aromatic heterocycles. The first-order valence-electron chi connectivity index (χ1n) is 6.35. The average molecular weight is 316 g/mol. The summed E-state index contributed by atoms with van der Waals surface area (Å²) in [5.74, 6) is -0.846. The van der Waals surface area contributed by atoms with Crippen LogP contribution >= 0.6 is 0 Å². The molecule has 1 aliphatic heterocycles. The molecule has 2 rings (SSSR count). The monoisotopic (exact) mass is 316 g/mol. The van der Waals surface area contributed by atoms with Crippen molar-refractivity contribution in [3.8, 4) is 0 Å². The number of nitrogens with zero attached hydrogens (tertiary/aromatic N) is 1. The van der Waals surface area contributed by atoms with Gasteiger partial charge in [0, 0.05) is 30.8 Å². The molecule has 0 radical (unpaired) electrons. The summed E-state index contributed by atoms with van der Waals surface area (Å²) in [5.41, 5.74) is 5.71. The number of amidine groups is 1. The molecule has 0 amide bonds. The number of rotatable bonds is 5. The predicted octanol–water partition coefficient (Wildman–Crippen LogP) is -0.224. The van der Waals surface area contributed by atoms with Gasteiger partial charge in [0.2, 0.25) is 0 Å². The summed E-state index contributed by atoms with van der Waals surface area (Å²) in [6.07, 6.45) is 0. The van der Waals surface area contributed by atoms with Crippen LogP contribution in [0.4, 0.5) is 4.39 Å². The quantitative estimate of drug-likeness (QED) is 0.515. The zero-order chi connectivity index (χ0) is 15.5. The molecule has 9 heteroatoms. The minimum absolute atomic E-state index is 0.163. The maximum atomic E-state index is 13.8. The lowest BCUT2D eigenvalue weighted by Gasteiger charge is -2.26. The first kappa shape index (κ1) is 15.8. The Balaban J connectivity index is 2.03. The second-order valence-corrected chi connectivity index (χ2v) is 6.31. The molecule has 0 bridgehead atoms. The maximum absolute atomic E-state index is 13.8. The van der Waals surface area contributed by atoms with Crippen molar-refractivity contribution in [1.29, 1.82) is 5.41 Å². The van der Waals surface area contributed by atoms with E-state index in [2.05, 4.69) is 4.72 Å². The molecule has 1 fully saturated rings. The van der Waals surface area contributed by atoms with Crippen LogP contribution in [0.5, 0.6) is 0 Å².